The summed E-state index contributed by atoms with van der Waals surface area (Å²) >= 11 is 0. The Bertz CT molecular complexity index is 423. The molecule has 0 aliphatic heterocycles. The maximum Gasteiger partial charge on any atom is 0.123 e. The van der Waals surface area contributed by atoms with E-state index in [-0.39, 0.29) is 0 Å². The van der Waals surface area contributed by atoms with E-state index >= 15 is 0 Å². The second-order valence-corrected chi connectivity index (χ2v) is 3.72. The van der Waals surface area contributed by atoms with Crippen LogP contribution in [0.1, 0.15) is 22.7 Å². The molecule has 14 heavy (non-hydrogen) atoms. The van der Waals surface area contributed by atoms with Crippen molar-refractivity contribution in [1.82, 2.24) is 4.57 Å². The number of rotatable bonds is 2. The highest BCUT2D eigenvalue weighted by Crippen LogP contribution is 2.15. The van der Waals surface area contributed by atoms with Crippen molar-refractivity contribution in [3.63, 3.8) is 0 Å². The molecule has 0 amide bonds. The Morgan fingerprint density at radius 1 is 1.29 bits per heavy atom. The third-order valence-corrected chi connectivity index (χ3v) is 2.72. The SMILES string of the molecule is Cc1cc(C)n(Cc2ccco2)c1C. The van der Waals surface area contributed by atoms with E-state index < -0.39 is 0 Å². The fourth-order valence-corrected chi connectivity index (χ4v) is 1.77. The molecule has 0 saturated heterocycles. The molecule has 0 spiro atoms. The lowest BCUT2D eigenvalue weighted by Crippen LogP contribution is -2.02. The number of aromatic nitrogens is 1. The first-order valence-electron chi connectivity index (χ1n) is 4.84. The van der Waals surface area contributed by atoms with E-state index in [0.29, 0.717) is 0 Å². The van der Waals surface area contributed by atoms with Gasteiger partial charge in [-0.25, -0.2) is 0 Å². The summed E-state index contributed by atoms with van der Waals surface area (Å²) in [6.07, 6.45) is 1.72. The monoisotopic (exact) mass is 189 g/mol. The minimum atomic E-state index is 0.832. The van der Waals surface area contributed by atoms with E-state index in [0.717, 1.165) is 12.3 Å². The van der Waals surface area contributed by atoms with E-state index in [1.54, 1.807) is 6.26 Å². The average molecular weight is 189 g/mol. The predicted octanol–water partition coefficient (Wildman–Crippen LogP) is 3.05. The summed E-state index contributed by atoms with van der Waals surface area (Å²) in [6.45, 7) is 7.24. The molecule has 0 bridgehead atoms. The van der Waals surface area contributed by atoms with Crippen molar-refractivity contribution in [3.8, 4) is 0 Å². The van der Waals surface area contributed by atoms with Crippen molar-refractivity contribution in [2.45, 2.75) is 27.3 Å². The van der Waals surface area contributed by atoms with Gasteiger partial charge in [0.05, 0.1) is 12.8 Å². The second-order valence-electron chi connectivity index (χ2n) is 3.72. The van der Waals surface area contributed by atoms with Crippen molar-refractivity contribution in [2.75, 3.05) is 0 Å². The van der Waals surface area contributed by atoms with Crippen LogP contribution in [0.25, 0.3) is 0 Å². The van der Waals surface area contributed by atoms with Gasteiger partial charge in [-0.1, -0.05) is 0 Å². The highest BCUT2D eigenvalue weighted by Gasteiger charge is 2.06. The van der Waals surface area contributed by atoms with Crippen LogP contribution in [0, 0.1) is 20.8 Å². The minimum Gasteiger partial charge on any atom is -0.467 e. The molecule has 0 unspecified atom stereocenters. The zero-order valence-electron chi connectivity index (χ0n) is 8.87. The summed E-state index contributed by atoms with van der Waals surface area (Å²) in [4.78, 5) is 0. The molecule has 0 fully saturated rings. The number of furan rings is 1. The van der Waals surface area contributed by atoms with Crippen LogP contribution in [-0.4, -0.2) is 4.57 Å². The molecule has 2 aromatic heterocycles. The maximum atomic E-state index is 5.34. The maximum absolute atomic E-state index is 5.34. The largest absolute Gasteiger partial charge is 0.467 e. The molecular formula is C12H15NO. The van der Waals surface area contributed by atoms with E-state index in [1.165, 1.54) is 17.0 Å². The lowest BCUT2D eigenvalue weighted by Gasteiger charge is -2.06. The van der Waals surface area contributed by atoms with Gasteiger partial charge in [-0.05, 0) is 44.5 Å². The van der Waals surface area contributed by atoms with Gasteiger partial charge in [0, 0.05) is 11.4 Å². The first kappa shape index (κ1) is 9.13. The molecule has 2 heteroatoms. The van der Waals surface area contributed by atoms with E-state index in [9.17, 15) is 0 Å². The van der Waals surface area contributed by atoms with Crippen LogP contribution >= 0.6 is 0 Å². The summed E-state index contributed by atoms with van der Waals surface area (Å²) in [6, 6.07) is 6.14. The van der Waals surface area contributed by atoms with Crippen LogP contribution in [-0.2, 0) is 6.54 Å². The summed E-state index contributed by atoms with van der Waals surface area (Å²) in [7, 11) is 0. The molecular weight excluding hydrogens is 174 g/mol. The number of nitrogens with zero attached hydrogens (tertiary/aromatic N) is 1. The lowest BCUT2D eigenvalue weighted by atomic mass is 10.3. The molecule has 0 radical (unpaired) electrons. The zero-order chi connectivity index (χ0) is 10.1. The molecule has 0 aliphatic rings. The molecule has 2 nitrogen and oxygen atoms in total. The lowest BCUT2D eigenvalue weighted by molar-refractivity contribution is 0.489. The van der Waals surface area contributed by atoms with E-state index in [4.69, 9.17) is 4.42 Å². The third-order valence-electron chi connectivity index (χ3n) is 2.72. The summed E-state index contributed by atoms with van der Waals surface area (Å²) < 4.78 is 7.61. The molecule has 2 heterocycles. The minimum absolute atomic E-state index is 0.832. The van der Waals surface area contributed by atoms with Crippen LogP contribution < -0.4 is 0 Å². The van der Waals surface area contributed by atoms with Crippen LogP contribution in [0.15, 0.2) is 28.9 Å². The van der Waals surface area contributed by atoms with Crippen molar-refractivity contribution in [1.29, 1.82) is 0 Å². The first-order chi connectivity index (χ1) is 6.68. The van der Waals surface area contributed by atoms with Gasteiger partial charge in [-0.15, -0.1) is 0 Å². The van der Waals surface area contributed by atoms with E-state index in [2.05, 4.69) is 31.4 Å². The number of aryl methyl sites for hydroxylation is 2. The van der Waals surface area contributed by atoms with Crippen LogP contribution in [0.3, 0.4) is 0 Å². The molecule has 0 aromatic carbocycles. The van der Waals surface area contributed by atoms with Gasteiger partial charge in [-0.3, -0.25) is 0 Å². The Labute approximate surface area is 84.2 Å². The summed E-state index contributed by atoms with van der Waals surface area (Å²) in [5.74, 6) is 1.01. The highest BCUT2D eigenvalue weighted by atomic mass is 16.3. The van der Waals surface area contributed by atoms with Gasteiger partial charge in [0.15, 0.2) is 0 Å². The molecule has 0 N–H and O–H groups in total. The quantitative estimate of drug-likeness (QED) is 0.710. The van der Waals surface area contributed by atoms with Crippen molar-refractivity contribution >= 4 is 0 Å². The van der Waals surface area contributed by atoms with Gasteiger partial charge in [-0.2, -0.15) is 0 Å². The van der Waals surface area contributed by atoms with Crippen LogP contribution in [0.4, 0.5) is 0 Å². The normalized spacial score (nSPS) is 10.8. The topological polar surface area (TPSA) is 18.1 Å². The Morgan fingerprint density at radius 2 is 2.07 bits per heavy atom. The predicted molar refractivity (Wildman–Crippen MR) is 56.5 cm³/mol. The Morgan fingerprint density at radius 3 is 2.57 bits per heavy atom. The molecule has 74 valence electrons. The van der Waals surface area contributed by atoms with Crippen molar-refractivity contribution in [3.05, 3.63) is 47.2 Å². The first-order valence-corrected chi connectivity index (χ1v) is 4.84. The van der Waals surface area contributed by atoms with Gasteiger partial charge >= 0.3 is 0 Å². The third kappa shape index (κ3) is 1.48. The number of hydrogen-bond acceptors (Lipinski definition) is 1. The van der Waals surface area contributed by atoms with Crippen molar-refractivity contribution < 1.29 is 4.42 Å². The fourth-order valence-electron chi connectivity index (χ4n) is 1.77. The molecule has 0 atom stereocenters. The molecule has 0 aliphatic carbocycles. The summed E-state index contributed by atoms with van der Waals surface area (Å²) in [5.41, 5.74) is 3.95. The fraction of sp³-hybridized carbons (Fsp3) is 0.333. The van der Waals surface area contributed by atoms with Gasteiger partial charge in [0.25, 0.3) is 0 Å². The Kier molecular flexibility index (Phi) is 2.20. The Hall–Kier alpha value is -1.44. The van der Waals surface area contributed by atoms with Crippen LogP contribution in [0.5, 0.6) is 0 Å². The Balaban J connectivity index is 2.33. The highest BCUT2D eigenvalue weighted by molar-refractivity contribution is 5.25. The smallest absolute Gasteiger partial charge is 0.123 e. The summed E-state index contributed by atoms with van der Waals surface area (Å²) in [5, 5.41) is 0. The van der Waals surface area contributed by atoms with Gasteiger partial charge in [0.1, 0.15) is 5.76 Å². The van der Waals surface area contributed by atoms with E-state index in [1.807, 2.05) is 12.1 Å². The molecule has 2 rings (SSSR count). The number of hydrogen-bond donors (Lipinski definition) is 0. The second kappa shape index (κ2) is 3.37. The van der Waals surface area contributed by atoms with Gasteiger partial charge in [0.2, 0.25) is 0 Å². The standard InChI is InChI=1S/C12H15NO/c1-9-7-10(2)13(11(9)3)8-12-5-4-6-14-12/h4-7H,8H2,1-3H3. The van der Waals surface area contributed by atoms with Crippen LogP contribution in [0.2, 0.25) is 0 Å². The van der Waals surface area contributed by atoms with Crippen molar-refractivity contribution in [2.24, 2.45) is 0 Å². The van der Waals surface area contributed by atoms with Gasteiger partial charge < -0.3 is 8.98 Å². The average Bonchev–Trinajstić information content (AvgIpc) is 2.71. The molecule has 2 aromatic rings. The molecule has 0 saturated carbocycles. The zero-order valence-corrected chi connectivity index (χ0v) is 8.87.